The van der Waals surface area contributed by atoms with E-state index in [0.717, 1.165) is 11.8 Å². The van der Waals surface area contributed by atoms with Gasteiger partial charge in [-0.2, -0.15) is 0 Å². The van der Waals surface area contributed by atoms with E-state index < -0.39 is 16.8 Å². The lowest BCUT2D eigenvalue weighted by Gasteiger charge is -1.94. The summed E-state index contributed by atoms with van der Waals surface area (Å²) in [6.45, 7) is 1.18. The predicted octanol–water partition coefficient (Wildman–Crippen LogP) is 1.78. The fraction of sp³-hybridized carbons (Fsp3) is 0.250. The van der Waals surface area contributed by atoms with Crippen molar-refractivity contribution in [1.82, 2.24) is 0 Å². The number of aliphatic hydroxyl groups is 1. The zero-order chi connectivity index (χ0) is 13.1. The number of hydrogen-bond donors (Lipinski definition) is 2. The van der Waals surface area contributed by atoms with E-state index in [9.17, 15) is 4.21 Å². The van der Waals surface area contributed by atoms with Crippen LogP contribution in [0.4, 0.5) is 0 Å². The third-order valence-electron chi connectivity index (χ3n) is 1.49. The number of rotatable bonds is 4. The fourth-order valence-electron chi connectivity index (χ4n) is 0.863. The van der Waals surface area contributed by atoms with Crippen molar-refractivity contribution in [1.29, 1.82) is 0 Å². The summed E-state index contributed by atoms with van der Waals surface area (Å²) in [7, 11) is -1.08. The molecular formula is C12H16O4S. The first kappa shape index (κ1) is 15.5. The van der Waals surface area contributed by atoms with Crippen molar-refractivity contribution in [2.24, 2.45) is 0 Å². The molecule has 0 aliphatic rings. The van der Waals surface area contributed by atoms with Gasteiger partial charge in [0, 0.05) is 23.8 Å². The van der Waals surface area contributed by atoms with Gasteiger partial charge in [-0.05, 0) is 18.6 Å². The zero-order valence-corrected chi connectivity index (χ0v) is 10.4. The molecule has 0 radical (unpaired) electrons. The second-order valence-corrected chi connectivity index (χ2v) is 4.35. The standard InChI is InChI=1S/C10H12O2S.C2H4O2/c11-8-4-5-9-13(12)10-6-2-1-3-7-10;1-2(3)4/h1-3,5-7,9,11H,4,8H2;1H3,(H,3,4). The Morgan fingerprint density at radius 3 is 2.35 bits per heavy atom. The molecule has 0 bridgehead atoms. The summed E-state index contributed by atoms with van der Waals surface area (Å²) in [5.74, 6) is -0.833. The van der Waals surface area contributed by atoms with Crippen LogP contribution in [0.1, 0.15) is 13.3 Å². The Hall–Kier alpha value is -1.46. The van der Waals surface area contributed by atoms with E-state index in [0.29, 0.717) is 6.42 Å². The topological polar surface area (TPSA) is 74.6 Å². The molecule has 2 N–H and O–H groups in total. The van der Waals surface area contributed by atoms with Crippen molar-refractivity contribution >= 4 is 16.8 Å². The summed E-state index contributed by atoms with van der Waals surface area (Å²) in [5.41, 5.74) is 0. The maximum absolute atomic E-state index is 11.5. The molecule has 1 rings (SSSR count). The van der Waals surface area contributed by atoms with Crippen LogP contribution in [0.3, 0.4) is 0 Å². The monoisotopic (exact) mass is 256 g/mol. The second kappa shape index (κ2) is 9.74. The van der Waals surface area contributed by atoms with Crippen LogP contribution in [0, 0.1) is 0 Å². The van der Waals surface area contributed by atoms with E-state index in [1.807, 2.05) is 30.3 Å². The molecule has 0 heterocycles. The van der Waals surface area contributed by atoms with Crippen LogP contribution < -0.4 is 0 Å². The Kier molecular flexibility index (Phi) is 8.91. The van der Waals surface area contributed by atoms with Gasteiger partial charge in [-0.3, -0.25) is 4.79 Å². The van der Waals surface area contributed by atoms with Crippen LogP contribution in [-0.2, 0) is 15.6 Å². The molecule has 0 aliphatic heterocycles. The predicted molar refractivity (Wildman–Crippen MR) is 67.0 cm³/mol. The molecule has 1 unspecified atom stereocenters. The molecule has 0 saturated heterocycles. The SMILES string of the molecule is CC(=O)O.O=S(C=CCCO)c1ccccc1. The van der Waals surface area contributed by atoms with Gasteiger partial charge in [-0.25, -0.2) is 4.21 Å². The number of carboxylic acids is 1. The van der Waals surface area contributed by atoms with Crippen molar-refractivity contribution in [3.8, 4) is 0 Å². The largest absolute Gasteiger partial charge is 0.481 e. The second-order valence-electron chi connectivity index (χ2n) is 3.01. The van der Waals surface area contributed by atoms with Crippen molar-refractivity contribution in [3.63, 3.8) is 0 Å². The van der Waals surface area contributed by atoms with Crippen molar-refractivity contribution in [2.75, 3.05) is 6.61 Å². The minimum absolute atomic E-state index is 0.0997. The number of carboxylic acid groups (broad SMARTS) is 1. The van der Waals surface area contributed by atoms with Gasteiger partial charge in [0.25, 0.3) is 5.97 Å². The average Bonchev–Trinajstić information content (AvgIpc) is 2.30. The van der Waals surface area contributed by atoms with E-state index >= 15 is 0 Å². The van der Waals surface area contributed by atoms with Crippen LogP contribution in [0.15, 0.2) is 46.7 Å². The lowest BCUT2D eigenvalue weighted by atomic mass is 10.4. The fourth-order valence-corrected chi connectivity index (χ4v) is 1.76. The highest BCUT2D eigenvalue weighted by molar-refractivity contribution is 7.88. The lowest BCUT2D eigenvalue weighted by Crippen LogP contribution is -1.85. The number of aliphatic hydroxyl groups excluding tert-OH is 1. The third kappa shape index (κ3) is 9.47. The van der Waals surface area contributed by atoms with E-state index in [1.54, 1.807) is 11.5 Å². The maximum Gasteiger partial charge on any atom is 0.300 e. The smallest absolute Gasteiger partial charge is 0.300 e. The van der Waals surface area contributed by atoms with Gasteiger partial charge in [-0.1, -0.05) is 24.3 Å². The van der Waals surface area contributed by atoms with Crippen LogP contribution in [0.25, 0.3) is 0 Å². The van der Waals surface area contributed by atoms with Gasteiger partial charge >= 0.3 is 0 Å². The number of hydrogen-bond acceptors (Lipinski definition) is 3. The van der Waals surface area contributed by atoms with E-state index in [1.165, 1.54) is 0 Å². The molecular weight excluding hydrogens is 240 g/mol. The maximum atomic E-state index is 11.5. The normalized spacial score (nSPS) is 11.6. The Morgan fingerprint density at radius 1 is 1.35 bits per heavy atom. The van der Waals surface area contributed by atoms with Crippen molar-refractivity contribution < 1.29 is 19.2 Å². The highest BCUT2D eigenvalue weighted by Crippen LogP contribution is 2.06. The summed E-state index contributed by atoms with van der Waals surface area (Å²) >= 11 is 0. The lowest BCUT2D eigenvalue weighted by molar-refractivity contribution is -0.134. The molecule has 0 aromatic heterocycles. The van der Waals surface area contributed by atoms with Crippen LogP contribution in [-0.4, -0.2) is 27.0 Å². The van der Waals surface area contributed by atoms with Gasteiger partial charge in [0.1, 0.15) is 0 Å². The number of aliphatic carboxylic acids is 1. The Balaban J connectivity index is 0.000000557. The zero-order valence-electron chi connectivity index (χ0n) is 9.57. The van der Waals surface area contributed by atoms with Gasteiger partial charge in [0.2, 0.25) is 0 Å². The highest BCUT2D eigenvalue weighted by Gasteiger charge is 1.95. The first-order valence-corrected chi connectivity index (χ1v) is 6.22. The Labute approximate surface area is 103 Å². The first-order chi connectivity index (χ1) is 8.07. The van der Waals surface area contributed by atoms with E-state index in [-0.39, 0.29) is 6.61 Å². The van der Waals surface area contributed by atoms with Crippen LogP contribution >= 0.6 is 0 Å². The Bertz CT molecular complexity index is 369. The highest BCUT2D eigenvalue weighted by atomic mass is 32.2. The molecule has 1 aromatic carbocycles. The summed E-state index contributed by atoms with van der Waals surface area (Å²) in [6.07, 6.45) is 2.28. The number of benzene rings is 1. The summed E-state index contributed by atoms with van der Waals surface area (Å²) in [4.78, 5) is 9.79. The molecule has 94 valence electrons. The Morgan fingerprint density at radius 2 is 1.88 bits per heavy atom. The molecule has 4 nitrogen and oxygen atoms in total. The van der Waals surface area contributed by atoms with Crippen LogP contribution in [0.5, 0.6) is 0 Å². The van der Waals surface area contributed by atoms with Gasteiger partial charge in [0.05, 0.1) is 10.8 Å². The van der Waals surface area contributed by atoms with Gasteiger partial charge in [-0.15, -0.1) is 0 Å². The van der Waals surface area contributed by atoms with Crippen LogP contribution in [0.2, 0.25) is 0 Å². The molecule has 0 saturated carbocycles. The van der Waals surface area contributed by atoms with Gasteiger partial charge < -0.3 is 10.2 Å². The van der Waals surface area contributed by atoms with Crippen molar-refractivity contribution in [2.45, 2.75) is 18.2 Å². The minimum atomic E-state index is -1.08. The molecule has 0 fully saturated rings. The summed E-state index contributed by atoms with van der Waals surface area (Å²) < 4.78 is 11.5. The first-order valence-electron chi connectivity index (χ1n) is 5.00. The quantitative estimate of drug-likeness (QED) is 0.861. The molecule has 0 aliphatic carbocycles. The molecule has 0 amide bonds. The average molecular weight is 256 g/mol. The number of carbonyl (C=O) groups is 1. The summed E-state index contributed by atoms with van der Waals surface area (Å²) in [6, 6.07) is 9.23. The molecule has 1 atom stereocenters. The molecule has 1 aromatic rings. The van der Waals surface area contributed by atoms with Crippen molar-refractivity contribution in [3.05, 3.63) is 41.8 Å². The summed E-state index contributed by atoms with van der Waals surface area (Å²) in [5, 5.41) is 17.5. The minimum Gasteiger partial charge on any atom is -0.481 e. The molecule has 5 heteroatoms. The van der Waals surface area contributed by atoms with E-state index in [4.69, 9.17) is 15.0 Å². The third-order valence-corrected chi connectivity index (χ3v) is 2.67. The molecule has 0 spiro atoms. The molecule has 17 heavy (non-hydrogen) atoms. The van der Waals surface area contributed by atoms with Gasteiger partial charge in [0.15, 0.2) is 0 Å². The van der Waals surface area contributed by atoms with E-state index in [2.05, 4.69) is 0 Å².